The summed E-state index contributed by atoms with van der Waals surface area (Å²) in [5.74, 6) is 0. The first-order valence-electron chi connectivity index (χ1n) is 6.63. The van der Waals surface area contributed by atoms with Gasteiger partial charge in [-0.3, -0.25) is 0 Å². The van der Waals surface area contributed by atoms with Crippen molar-refractivity contribution in [2.24, 2.45) is 5.73 Å². The molecule has 2 atom stereocenters. The summed E-state index contributed by atoms with van der Waals surface area (Å²) >= 11 is 0. The van der Waals surface area contributed by atoms with Crippen molar-refractivity contribution < 1.29 is 4.74 Å². The highest BCUT2D eigenvalue weighted by molar-refractivity contribution is 5.39. The third-order valence-corrected chi connectivity index (χ3v) is 3.61. The number of imidazole rings is 1. The van der Waals surface area contributed by atoms with Gasteiger partial charge in [-0.1, -0.05) is 18.9 Å². The number of rotatable bonds is 3. The Morgan fingerprint density at radius 2 is 2.22 bits per heavy atom. The molecule has 1 fully saturated rings. The zero-order valence-electron chi connectivity index (χ0n) is 10.5. The molecule has 0 radical (unpaired) electrons. The van der Waals surface area contributed by atoms with Gasteiger partial charge in [-0.25, -0.2) is 4.98 Å². The molecule has 0 spiro atoms. The zero-order chi connectivity index (χ0) is 12.4. The number of hydrogen-bond acceptors (Lipinski definition) is 3. The SMILES string of the molecule is NC1CCCCC1OCc1cn2ccccc2n1. The van der Waals surface area contributed by atoms with E-state index >= 15 is 0 Å². The molecule has 0 bridgehead atoms. The quantitative estimate of drug-likeness (QED) is 0.901. The minimum absolute atomic E-state index is 0.191. The molecule has 2 aromatic rings. The highest BCUT2D eigenvalue weighted by Gasteiger charge is 2.22. The molecule has 1 aliphatic carbocycles. The van der Waals surface area contributed by atoms with Gasteiger partial charge < -0.3 is 14.9 Å². The molecule has 2 unspecified atom stereocenters. The fourth-order valence-electron chi connectivity index (χ4n) is 2.58. The Bertz CT molecular complexity index is 489. The molecule has 0 saturated heterocycles. The molecule has 4 nitrogen and oxygen atoms in total. The summed E-state index contributed by atoms with van der Waals surface area (Å²) in [7, 11) is 0. The van der Waals surface area contributed by atoms with Crippen LogP contribution in [0.2, 0.25) is 0 Å². The lowest BCUT2D eigenvalue weighted by molar-refractivity contribution is 0.00274. The average Bonchev–Trinajstić information content (AvgIpc) is 2.80. The van der Waals surface area contributed by atoms with Gasteiger partial charge in [0.1, 0.15) is 5.65 Å². The summed E-state index contributed by atoms with van der Waals surface area (Å²) in [6.45, 7) is 0.556. The van der Waals surface area contributed by atoms with Gasteiger partial charge in [0.25, 0.3) is 0 Å². The Labute approximate surface area is 107 Å². The van der Waals surface area contributed by atoms with Crippen LogP contribution in [0.1, 0.15) is 31.4 Å². The van der Waals surface area contributed by atoms with Crippen LogP contribution >= 0.6 is 0 Å². The summed E-state index contributed by atoms with van der Waals surface area (Å²) < 4.78 is 7.92. The van der Waals surface area contributed by atoms with Crippen molar-refractivity contribution in [3.05, 3.63) is 36.3 Å². The van der Waals surface area contributed by atoms with Crippen molar-refractivity contribution in [2.75, 3.05) is 0 Å². The first-order valence-corrected chi connectivity index (χ1v) is 6.63. The molecule has 2 N–H and O–H groups in total. The summed E-state index contributed by atoms with van der Waals surface area (Å²) in [6.07, 6.45) is 8.83. The van der Waals surface area contributed by atoms with Crippen molar-refractivity contribution in [2.45, 2.75) is 44.4 Å². The summed E-state index contributed by atoms with van der Waals surface area (Å²) in [6, 6.07) is 6.17. The fraction of sp³-hybridized carbons (Fsp3) is 0.500. The first-order chi connectivity index (χ1) is 8.83. The van der Waals surface area contributed by atoms with Crippen molar-refractivity contribution in [1.29, 1.82) is 0 Å². The van der Waals surface area contributed by atoms with Crippen LogP contribution in [0.5, 0.6) is 0 Å². The van der Waals surface area contributed by atoms with Crippen LogP contribution in [0.25, 0.3) is 5.65 Å². The van der Waals surface area contributed by atoms with E-state index in [0.717, 1.165) is 24.2 Å². The molecule has 0 aromatic carbocycles. The Hall–Kier alpha value is -1.39. The summed E-state index contributed by atoms with van der Waals surface area (Å²) in [4.78, 5) is 4.52. The lowest BCUT2D eigenvalue weighted by Crippen LogP contribution is -2.39. The Kier molecular flexibility index (Phi) is 3.30. The maximum absolute atomic E-state index is 6.07. The van der Waals surface area contributed by atoms with Gasteiger partial charge in [-0.2, -0.15) is 0 Å². The monoisotopic (exact) mass is 245 g/mol. The summed E-state index contributed by atoms with van der Waals surface area (Å²) in [5, 5.41) is 0. The second-order valence-electron chi connectivity index (χ2n) is 5.00. The van der Waals surface area contributed by atoms with E-state index in [4.69, 9.17) is 10.5 Å². The normalized spacial score (nSPS) is 24.5. The van der Waals surface area contributed by atoms with Crippen molar-refractivity contribution in [1.82, 2.24) is 9.38 Å². The fourth-order valence-corrected chi connectivity index (χ4v) is 2.58. The van der Waals surface area contributed by atoms with E-state index < -0.39 is 0 Å². The van der Waals surface area contributed by atoms with E-state index in [0.29, 0.717) is 6.61 Å². The minimum atomic E-state index is 0.191. The molecule has 1 aliphatic rings. The molecule has 96 valence electrons. The molecule has 2 aromatic heterocycles. The second kappa shape index (κ2) is 5.08. The Morgan fingerprint density at radius 3 is 3.06 bits per heavy atom. The van der Waals surface area contributed by atoms with Crippen molar-refractivity contribution >= 4 is 5.65 Å². The van der Waals surface area contributed by atoms with E-state index in [1.807, 2.05) is 35.0 Å². The standard InChI is InChI=1S/C14H19N3O/c15-12-5-1-2-6-13(12)18-10-11-9-17-8-4-3-7-14(17)16-11/h3-4,7-9,12-13H,1-2,5-6,10,15H2. The number of fused-ring (bicyclic) bond motifs is 1. The molecule has 3 rings (SSSR count). The average molecular weight is 245 g/mol. The summed E-state index contributed by atoms with van der Waals surface area (Å²) in [5.41, 5.74) is 8.00. The van der Waals surface area contributed by atoms with Crippen LogP contribution < -0.4 is 5.73 Å². The minimum Gasteiger partial charge on any atom is -0.370 e. The Morgan fingerprint density at radius 1 is 1.33 bits per heavy atom. The van der Waals surface area contributed by atoms with Gasteiger partial charge in [-0.05, 0) is 25.0 Å². The molecule has 0 amide bonds. The van der Waals surface area contributed by atoms with Crippen LogP contribution in [-0.2, 0) is 11.3 Å². The second-order valence-corrected chi connectivity index (χ2v) is 5.00. The number of hydrogen-bond donors (Lipinski definition) is 1. The maximum atomic E-state index is 6.07. The van der Waals surface area contributed by atoms with E-state index in [-0.39, 0.29) is 12.1 Å². The lowest BCUT2D eigenvalue weighted by atomic mass is 9.93. The molecule has 0 aliphatic heterocycles. The molecule has 2 heterocycles. The predicted molar refractivity (Wildman–Crippen MR) is 70.2 cm³/mol. The maximum Gasteiger partial charge on any atom is 0.137 e. The number of nitrogens with two attached hydrogens (primary N) is 1. The number of ether oxygens (including phenoxy) is 1. The van der Waals surface area contributed by atoms with Gasteiger partial charge in [0.05, 0.1) is 18.4 Å². The molecule has 18 heavy (non-hydrogen) atoms. The highest BCUT2D eigenvalue weighted by Crippen LogP contribution is 2.20. The molecule has 1 saturated carbocycles. The first kappa shape index (κ1) is 11.7. The molecular formula is C14H19N3O. The van der Waals surface area contributed by atoms with Crippen LogP contribution in [0.4, 0.5) is 0 Å². The van der Waals surface area contributed by atoms with Crippen LogP contribution in [0, 0.1) is 0 Å². The van der Waals surface area contributed by atoms with E-state index in [2.05, 4.69) is 4.98 Å². The van der Waals surface area contributed by atoms with Crippen molar-refractivity contribution in [3.8, 4) is 0 Å². The third-order valence-electron chi connectivity index (χ3n) is 3.61. The van der Waals surface area contributed by atoms with Crippen LogP contribution in [0.15, 0.2) is 30.6 Å². The van der Waals surface area contributed by atoms with Crippen LogP contribution in [0.3, 0.4) is 0 Å². The largest absolute Gasteiger partial charge is 0.370 e. The van der Waals surface area contributed by atoms with Gasteiger partial charge in [0.2, 0.25) is 0 Å². The number of pyridine rings is 1. The van der Waals surface area contributed by atoms with Crippen molar-refractivity contribution in [3.63, 3.8) is 0 Å². The van der Waals surface area contributed by atoms with Gasteiger partial charge in [0, 0.05) is 18.4 Å². The van der Waals surface area contributed by atoms with Crippen LogP contribution in [-0.4, -0.2) is 21.5 Å². The van der Waals surface area contributed by atoms with E-state index in [9.17, 15) is 0 Å². The smallest absolute Gasteiger partial charge is 0.137 e. The van der Waals surface area contributed by atoms with E-state index in [1.165, 1.54) is 12.8 Å². The van der Waals surface area contributed by atoms with Gasteiger partial charge in [-0.15, -0.1) is 0 Å². The zero-order valence-corrected chi connectivity index (χ0v) is 10.5. The molecule has 4 heteroatoms. The van der Waals surface area contributed by atoms with Gasteiger partial charge >= 0.3 is 0 Å². The molecular weight excluding hydrogens is 226 g/mol. The Balaban J connectivity index is 1.65. The van der Waals surface area contributed by atoms with E-state index in [1.54, 1.807) is 0 Å². The number of aromatic nitrogens is 2. The van der Waals surface area contributed by atoms with Gasteiger partial charge in [0.15, 0.2) is 0 Å². The predicted octanol–water partition coefficient (Wildman–Crippen LogP) is 2.12. The third kappa shape index (κ3) is 2.40. The highest BCUT2D eigenvalue weighted by atomic mass is 16.5. The topological polar surface area (TPSA) is 52.5 Å². The number of nitrogens with zero attached hydrogens (tertiary/aromatic N) is 2. The lowest BCUT2D eigenvalue weighted by Gasteiger charge is -2.28.